The number of hydrogen-bond acceptors (Lipinski definition) is 6. The third kappa shape index (κ3) is 8.97. The lowest BCUT2D eigenvalue weighted by Gasteiger charge is -2.24. The first-order valence-electron chi connectivity index (χ1n) is 12.3. The quantitative estimate of drug-likeness (QED) is 0.163. The van der Waals surface area contributed by atoms with E-state index in [0.29, 0.717) is 45.2 Å². The van der Waals surface area contributed by atoms with Gasteiger partial charge in [0.1, 0.15) is 18.1 Å². The van der Waals surface area contributed by atoms with Crippen LogP contribution < -0.4 is 27.4 Å². The first kappa shape index (κ1) is 28.8. The molecule has 0 fully saturated rings. The fourth-order valence-corrected chi connectivity index (χ4v) is 4.03. The van der Waals surface area contributed by atoms with Gasteiger partial charge in [-0.15, -0.1) is 0 Å². The summed E-state index contributed by atoms with van der Waals surface area (Å²) in [5.41, 5.74) is 12.7. The van der Waals surface area contributed by atoms with Crippen molar-refractivity contribution in [2.75, 3.05) is 13.1 Å². The highest BCUT2D eigenvalue weighted by atomic mass is 16.4. The van der Waals surface area contributed by atoms with Gasteiger partial charge in [-0.2, -0.15) is 0 Å². The molecule has 3 amide bonds. The molecule has 11 nitrogen and oxygen atoms in total. The molecule has 0 unspecified atom stereocenters. The molecule has 1 aromatic heterocycles. The highest BCUT2D eigenvalue weighted by Gasteiger charge is 2.29. The molecule has 0 saturated heterocycles. The molecule has 1 aromatic carbocycles. The molecule has 0 aliphatic heterocycles. The lowest BCUT2D eigenvalue weighted by molar-refractivity contribution is -0.142. The van der Waals surface area contributed by atoms with Gasteiger partial charge in [0, 0.05) is 30.4 Å². The lowest BCUT2D eigenvalue weighted by atomic mass is 10.0. The molecule has 1 heterocycles. The number of nitrogens with one attached hydrogen (secondary N) is 4. The van der Waals surface area contributed by atoms with Crippen molar-refractivity contribution < 1.29 is 24.3 Å². The van der Waals surface area contributed by atoms with E-state index in [4.69, 9.17) is 11.5 Å². The number of unbranched alkanes of at least 4 members (excludes halogenated alkanes) is 2. The number of amides is 3. The van der Waals surface area contributed by atoms with Crippen LogP contribution in [-0.4, -0.2) is 65.0 Å². The average Bonchev–Trinajstić information content (AvgIpc) is 3.25. The Morgan fingerprint density at radius 3 is 2.06 bits per heavy atom. The summed E-state index contributed by atoms with van der Waals surface area (Å²) in [6.07, 6.45) is 4.96. The van der Waals surface area contributed by atoms with E-state index in [1.807, 2.05) is 24.3 Å². The molecule has 9 N–H and O–H groups in total. The number of nitrogens with two attached hydrogens (primary N) is 2. The van der Waals surface area contributed by atoms with Crippen LogP contribution in [0.3, 0.4) is 0 Å². The zero-order chi connectivity index (χ0) is 26.5. The normalized spacial score (nSPS) is 13.5. The molecule has 11 heteroatoms. The number of carbonyl (C=O) groups is 4. The second-order valence-corrected chi connectivity index (χ2v) is 8.85. The number of para-hydroxylation sites is 1. The SMILES string of the molecule is CC(=O)N[C@@H](CCCCN)C(=O)N[C@@H](Cc1c[nH]c2ccccc12)C(=O)N[C@@H](CCCCN)C(=O)O. The Kier molecular flexibility index (Phi) is 11.9. The zero-order valence-electron chi connectivity index (χ0n) is 20.7. The highest BCUT2D eigenvalue weighted by molar-refractivity contribution is 5.94. The van der Waals surface area contributed by atoms with E-state index in [0.717, 1.165) is 16.5 Å². The van der Waals surface area contributed by atoms with Crippen molar-refractivity contribution in [3.8, 4) is 0 Å². The minimum Gasteiger partial charge on any atom is -0.480 e. The van der Waals surface area contributed by atoms with Crippen LogP contribution in [0.15, 0.2) is 30.5 Å². The summed E-state index contributed by atoms with van der Waals surface area (Å²) in [5, 5.41) is 18.4. The van der Waals surface area contributed by atoms with Crippen LogP contribution in [0.25, 0.3) is 10.9 Å². The summed E-state index contributed by atoms with van der Waals surface area (Å²) in [6, 6.07) is 4.54. The maximum absolute atomic E-state index is 13.3. The fourth-order valence-electron chi connectivity index (χ4n) is 4.03. The van der Waals surface area contributed by atoms with Crippen molar-refractivity contribution >= 4 is 34.6 Å². The van der Waals surface area contributed by atoms with Crippen LogP contribution in [-0.2, 0) is 25.6 Å². The predicted molar refractivity (Wildman–Crippen MR) is 137 cm³/mol. The Morgan fingerprint density at radius 1 is 0.861 bits per heavy atom. The van der Waals surface area contributed by atoms with Crippen molar-refractivity contribution in [2.45, 2.75) is 70.0 Å². The van der Waals surface area contributed by atoms with Crippen molar-refractivity contribution in [3.63, 3.8) is 0 Å². The molecule has 0 spiro atoms. The summed E-state index contributed by atoms with van der Waals surface area (Å²) in [5.74, 6) is -2.66. The van der Waals surface area contributed by atoms with Crippen molar-refractivity contribution in [1.82, 2.24) is 20.9 Å². The Morgan fingerprint density at radius 2 is 1.44 bits per heavy atom. The maximum Gasteiger partial charge on any atom is 0.326 e. The van der Waals surface area contributed by atoms with Crippen molar-refractivity contribution in [2.24, 2.45) is 11.5 Å². The molecule has 0 aliphatic rings. The molecule has 3 atom stereocenters. The number of benzene rings is 1. The van der Waals surface area contributed by atoms with E-state index >= 15 is 0 Å². The molecule has 0 radical (unpaired) electrons. The standard InChI is InChI=1S/C25H38N6O5/c1-16(32)29-20(10-4-6-12-26)23(33)31-22(14-17-15-28-19-9-3-2-8-18(17)19)24(34)30-21(25(35)36)11-5-7-13-27/h2-3,8-9,15,20-22,28H,4-7,10-14,26-27H2,1H3,(H,29,32)(H,30,34)(H,31,33)(H,35,36)/t20-,21-,22-/m0/s1. The monoisotopic (exact) mass is 502 g/mol. The van der Waals surface area contributed by atoms with E-state index in [1.165, 1.54) is 6.92 Å². The summed E-state index contributed by atoms with van der Waals surface area (Å²) in [4.78, 5) is 53.0. The molecule has 2 rings (SSSR count). The van der Waals surface area contributed by atoms with Crippen LogP contribution in [0.1, 0.15) is 51.0 Å². The molecule has 198 valence electrons. The number of fused-ring (bicyclic) bond motifs is 1. The molecule has 0 aliphatic carbocycles. The van der Waals surface area contributed by atoms with Crippen LogP contribution in [0.4, 0.5) is 0 Å². The number of carbonyl (C=O) groups excluding carboxylic acids is 3. The van der Waals surface area contributed by atoms with Crippen LogP contribution >= 0.6 is 0 Å². The Balaban J connectivity index is 2.25. The number of aromatic nitrogens is 1. The number of hydrogen-bond donors (Lipinski definition) is 7. The molecule has 0 bridgehead atoms. The maximum atomic E-state index is 13.3. The molecule has 0 saturated carbocycles. The Hall–Kier alpha value is -3.44. The van der Waals surface area contributed by atoms with E-state index in [1.54, 1.807) is 6.20 Å². The topological polar surface area (TPSA) is 192 Å². The van der Waals surface area contributed by atoms with Gasteiger partial charge in [-0.1, -0.05) is 18.2 Å². The molecule has 2 aromatic rings. The second-order valence-electron chi connectivity index (χ2n) is 8.85. The number of H-pyrrole nitrogens is 1. The Bertz CT molecular complexity index is 1020. The summed E-state index contributed by atoms with van der Waals surface area (Å²) in [7, 11) is 0. The number of aliphatic carboxylic acids is 1. The highest BCUT2D eigenvalue weighted by Crippen LogP contribution is 2.19. The van der Waals surface area contributed by atoms with Gasteiger partial charge in [0.25, 0.3) is 0 Å². The Labute approximate surface area is 210 Å². The van der Waals surface area contributed by atoms with E-state index in [-0.39, 0.29) is 18.7 Å². The summed E-state index contributed by atoms with van der Waals surface area (Å²) >= 11 is 0. The van der Waals surface area contributed by atoms with Gasteiger partial charge in [0.2, 0.25) is 17.7 Å². The van der Waals surface area contributed by atoms with Crippen LogP contribution in [0.2, 0.25) is 0 Å². The number of carboxylic acids is 1. The minimum absolute atomic E-state index is 0.131. The van der Waals surface area contributed by atoms with E-state index < -0.39 is 35.9 Å². The predicted octanol–water partition coefficient (Wildman–Crippen LogP) is 0.527. The van der Waals surface area contributed by atoms with Crippen LogP contribution in [0, 0.1) is 0 Å². The number of rotatable bonds is 16. The van der Waals surface area contributed by atoms with E-state index in [2.05, 4.69) is 20.9 Å². The first-order chi connectivity index (χ1) is 17.3. The average molecular weight is 503 g/mol. The van der Waals surface area contributed by atoms with Gasteiger partial charge in [-0.05, 0) is 63.2 Å². The number of aromatic amines is 1. The van der Waals surface area contributed by atoms with Gasteiger partial charge in [-0.25, -0.2) is 4.79 Å². The van der Waals surface area contributed by atoms with Gasteiger partial charge < -0.3 is 37.5 Å². The lowest BCUT2D eigenvalue weighted by Crippen LogP contribution is -2.56. The van der Waals surface area contributed by atoms with Gasteiger partial charge >= 0.3 is 5.97 Å². The zero-order valence-corrected chi connectivity index (χ0v) is 20.7. The summed E-state index contributed by atoms with van der Waals surface area (Å²) in [6.45, 7) is 2.20. The van der Waals surface area contributed by atoms with E-state index in [9.17, 15) is 24.3 Å². The van der Waals surface area contributed by atoms with Gasteiger partial charge in [0.05, 0.1) is 0 Å². The fraction of sp³-hybridized carbons (Fsp3) is 0.520. The van der Waals surface area contributed by atoms with Crippen molar-refractivity contribution in [1.29, 1.82) is 0 Å². The van der Waals surface area contributed by atoms with Gasteiger partial charge in [0.15, 0.2) is 0 Å². The summed E-state index contributed by atoms with van der Waals surface area (Å²) < 4.78 is 0. The van der Waals surface area contributed by atoms with Crippen LogP contribution in [0.5, 0.6) is 0 Å². The van der Waals surface area contributed by atoms with Crippen molar-refractivity contribution in [3.05, 3.63) is 36.0 Å². The third-order valence-corrected chi connectivity index (χ3v) is 5.93. The molecular formula is C25H38N6O5. The third-order valence-electron chi connectivity index (χ3n) is 5.93. The van der Waals surface area contributed by atoms with Gasteiger partial charge in [-0.3, -0.25) is 14.4 Å². The first-order valence-corrected chi connectivity index (χ1v) is 12.3. The largest absolute Gasteiger partial charge is 0.480 e. The second kappa shape index (κ2) is 14.8. The minimum atomic E-state index is -1.16. The smallest absolute Gasteiger partial charge is 0.326 e. The molecule has 36 heavy (non-hydrogen) atoms. The molecular weight excluding hydrogens is 464 g/mol. The number of carboxylic acid groups (broad SMARTS) is 1.